The topological polar surface area (TPSA) is 45.3 Å². The molecule has 1 aromatic heterocycles. The molecule has 0 unspecified atom stereocenters. The summed E-state index contributed by atoms with van der Waals surface area (Å²) < 4.78 is 1.06. The van der Waals surface area contributed by atoms with Gasteiger partial charge in [-0.2, -0.15) is 0 Å². The second-order valence-electron chi connectivity index (χ2n) is 6.88. The van der Waals surface area contributed by atoms with Gasteiger partial charge >= 0.3 is 0 Å². The Kier molecular flexibility index (Phi) is 3.10. The molecule has 0 spiro atoms. The molecule has 3 N–H and O–H groups in total. The molecule has 0 saturated heterocycles. The van der Waals surface area contributed by atoms with Crippen molar-refractivity contribution in [3.8, 4) is 0 Å². The molecular formula is C23H15BrN3+. The van der Waals surface area contributed by atoms with Crippen LogP contribution in [-0.4, -0.2) is 9.97 Å². The van der Waals surface area contributed by atoms with E-state index in [4.69, 9.17) is 4.98 Å². The minimum atomic E-state index is 0.920. The van der Waals surface area contributed by atoms with Crippen LogP contribution in [0.4, 0.5) is 5.69 Å². The van der Waals surface area contributed by atoms with Crippen molar-refractivity contribution in [2.24, 2.45) is 0 Å². The Morgan fingerprint density at radius 1 is 0.815 bits per heavy atom. The third-order valence-electron chi connectivity index (χ3n) is 5.36. The smallest absolute Gasteiger partial charge is 0.144 e. The van der Waals surface area contributed by atoms with Gasteiger partial charge in [-0.15, -0.1) is 0 Å². The van der Waals surface area contributed by atoms with Crippen molar-refractivity contribution in [2.45, 2.75) is 0 Å². The molecular weight excluding hydrogens is 398 g/mol. The van der Waals surface area contributed by atoms with Crippen LogP contribution in [0.2, 0.25) is 0 Å². The molecule has 0 aliphatic carbocycles. The summed E-state index contributed by atoms with van der Waals surface area (Å²) in [5.74, 6) is 0.920. The lowest BCUT2D eigenvalue weighted by Gasteiger charge is -2.06. The Morgan fingerprint density at radius 2 is 1.59 bits per heavy atom. The number of quaternary nitrogens is 1. The van der Waals surface area contributed by atoms with Crippen LogP contribution in [0.15, 0.2) is 77.4 Å². The van der Waals surface area contributed by atoms with Crippen molar-refractivity contribution in [1.82, 2.24) is 9.97 Å². The highest BCUT2D eigenvalue weighted by atomic mass is 79.9. The molecule has 0 bridgehead atoms. The summed E-state index contributed by atoms with van der Waals surface area (Å²) in [6, 6.07) is 23.4. The van der Waals surface area contributed by atoms with Crippen LogP contribution in [0.3, 0.4) is 0 Å². The number of aromatic nitrogens is 2. The maximum Gasteiger partial charge on any atom is 0.144 e. The average molecular weight is 413 g/mol. The molecule has 27 heavy (non-hydrogen) atoms. The first kappa shape index (κ1) is 15.1. The van der Waals surface area contributed by atoms with Gasteiger partial charge < -0.3 is 4.98 Å². The SMILES string of the molecule is Brc1ccc2c3ccccc3c3[nH]c(C4=C[NH2+]c5ccccc54)nc3c2c1. The van der Waals surface area contributed by atoms with Gasteiger partial charge in [-0.25, -0.2) is 4.98 Å². The van der Waals surface area contributed by atoms with Gasteiger partial charge in [-0.3, -0.25) is 5.32 Å². The Morgan fingerprint density at radius 3 is 2.52 bits per heavy atom. The van der Waals surface area contributed by atoms with E-state index in [2.05, 4.69) is 99.2 Å². The summed E-state index contributed by atoms with van der Waals surface area (Å²) in [6.07, 6.45) is 2.16. The lowest BCUT2D eigenvalue weighted by Crippen LogP contribution is -2.69. The van der Waals surface area contributed by atoms with Crippen molar-refractivity contribution in [3.05, 3.63) is 88.8 Å². The standard InChI is InChI=1S/C23H14BrN3/c24-13-9-10-15-14-5-1-2-7-17(14)21-22(18(15)11-13)27-23(26-21)19-12-25-20-8-4-3-6-16(19)20/h1-12,25H,(H,26,27)/p+1. The zero-order valence-electron chi connectivity index (χ0n) is 14.3. The maximum absolute atomic E-state index is 5.05. The van der Waals surface area contributed by atoms with Crippen LogP contribution in [-0.2, 0) is 0 Å². The van der Waals surface area contributed by atoms with Gasteiger partial charge in [0.2, 0.25) is 0 Å². The number of aromatic amines is 1. The Labute approximate surface area is 163 Å². The number of nitrogens with two attached hydrogens (primary N) is 1. The third-order valence-corrected chi connectivity index (χ3v) is 5.86. The van der Waals surface area contributed by atoms with Gasteiger partial charge in [0.1, 0.15) is 17.7 Å². The van der Waals surface area contributed by atoms with Gasteiger partial charge in [0, 0.05) is 21.3 Å². The molecule has 4 aromatic carbocycles. The number of fused-ring (bicyclic) bond motifs is 7. The van der Waals surface area contributed by atoms with E-state index < -0.39 is 0 Å². The highest BCUT2D eigenvalue weighted by molar-refractivity contribution is 9.10. The second kappa shape index (κ2) is 5.52. The zero-order valence-corrected chi connectivity index (χ0v) is 15.9. The Bertz CT molecular complexity index is 1410. The van der Waals surface area contributed by atoms with E-state index in [9.17, 15) is 0 Å². The number of para-hydroxylation sites is 1. The molecule has 1 aliphatic heterocycles. The fourth-order valence-corrected chi connectivity index (χ4v) is 4.49. The van der Waals surface area contributed by atoms with Crippen LogP contribution in [0.25, 0.3) is 38.2 Å². The number of imidazole rings is 1. The number of nitrogens with one attached hydrogen (secondary N) is 1. The number of nitrogens with zero attached hydrogens (tertiary/aromatic N) is 1. The van der Waals surface area contributed by atoms with E-state index in [1.165, 1.54) is 27.4 Å². The molecule has 0 atom stereocenters. The number of H-pyrrole nitrogens is 1. The number of hydrogen-bond donors (Lipinski definition) is 2. The van der Waals surface area contributed by atoms with Crippen molar-refractivity contribution < 1.29 is 5.32 Å². The monoisotopic (exact) mass is 412 g/mol. The fraction of sp³-hybridized carbons (Fsp3) is 0. The maximum atomic E-state index is 5.05. The summed E-state index contributed by atoms with van der Waals surface area (Å²) in [7, 11) is 0. The quantitative estimate of drug-likeness (QED) is 0.287. The molecule has 128 valence electrons. The van der Waals surface area contributed by atoms with Gasteiger partial charge in [-0.05, 0) is 29.0 Å². The first-order chi connectivity index (χ1) is 13.3. The lowest BCUT2D eigenvalue weighted by atomic mass is 10.0. The number of benzene rings is 4. The van der Waals surface area contributed by atoms with Gasteiger partial charge in [0.25, 0.3) is 0 Å². The van der Waals surface area contributed by atoms with E-state index in [0.717, 1.165) is 32.3 Å². The summed E-state index contributed by atoms with van der Waals surface area (Å²) in [6.45, 7) is 0. The Hall–Kier alpha value is -2.95. The molecule has 3 nitrogen and oxygen atoms in total. The molecule has 0 saturated carbocycles. The van der Waals surface area contributed by atoms with Crippen molar-refractivity contribution in [2.75, 3.05) is 0 Å². The third kappa shape index (κ3) is 2.14. The number of hydrogen-bond acceptors (Lipinski definition) is 1. The van der Waals surface area contributed by atoms with Crippen LogP contribution in [0.1, 0.15) is 11.4 Å². The van der Waals surface area contributed by atoms with Crippen LogP contribution in [0.5, 0.6) is 0 Å². The van der Waals surface area contributed by atoms with Crippen LogP contribution >= 0.6 is 15.9 Å². The minimum absolute atomic E-state index is 0.920. The zero-order chi connectivity index (χ0) is 18.0. The largest absolute Gasteiger partial charge is 0.337 e. The molecule has 0 fully saturated rings. The van der Waals surface area contributed by atoms with Gasteiger partial charge in [0.15, 0.2) is 0 Å². The molecule has 2 heterocycles. The lowest BCUT2D eigenvalue weighted by molar-refractivity contribution is -0.491. The highest BCUT2D eigenvalue weighted by Gasteiger charge is 2.23. The van der Waals surface area contributed by atoms with E-state index in [1.807, 2.05) is 0 Å². The molecule has 0 amide bonds. The second-order valence-corrected chi connectivity index (χ2v) is 7.79. The van der Waals surface area contributed by atoms with E-state index in [-0.39, 0.29) is 0 Å². The summed E-state index contributed by atoms with van der Waals surface area (Å²) in [5, 5.41) is 7.00. The molecule has 5 aromatic rings. The highest BCUT2D eigenvalue weighted by Crippen LogP contribution is 2.37. The summed E-state index contributed by atoms with van der Waals surface area (Å²) >= 11 is 3.62. The van der Waals surface area contributed by atoms with Crippen molar-refractivity contribution >= 4 is 59.8 Å². The molecule has 4 heteroatoms. The normalized spacial score (nSPS) is 13.4. The van der Waals surface area contributed by atoms with Gasteiger partial charge in [-0.1, -0.05) is 58.4 Å². The predicted octanol–water partition coefficient (Wildman–Crippen LogP) is 5.23. The van der Waals surface area contributed by atoms with E-state index in [1.54, 1.807) is 0 Å². The summed E-state index contributed by atoms with van der Waals surface area (Å²) in [5.41, 5.74) is 5.73. The Balaban J connectivity index is 1.73. The number of rotatable bonds is 1. The van der Waals surface area contributed by atoms with Crippen molar-refractivity contribution in [1.29, 1.82) is 0 Å². The van der Waals surface area contributed by atoms with Gasteiger partial charge in [0.05, 0.1) is 22.2 Å². The minimum Gasteiger partial charge on any atom is -0.337 e. The first-order valence-electron chi connectivity index (χ1n) is 8.94. The predicted molar refractivity (Wildman–Crippen MR) is 114 cm³/mol. The van der Waals surface area contributed by atoms with Crippen molar-refractivity contribution in [3.63, 3.8) is 0 Å². The molecule has 1 aliphatic rings. The van der Waals surface area contributed by atoms with Crippen LogP contribution < -0.4 is 5.32 Å². The molecule has 6 rings (SSSR count). The molecule has 0 radical (unpaired) electrons. The van der Waals surface area contributed by atoms with E-state index >= 15 is 0 Å². The van der Waals surface area contributed by atoms with Crippen LogP contribution in [0, 0.1) is 0 Å². The van der Waals surface area contributed by atoms with E-state index in [0.29, 0.717) is 0 Å². The summed E-state index contributed by atoms with van der Waals surface area (Å²) in [4.78, 5) is 8.67. The average Bonchev–Trinajstić information content (AvgIpc) is 3.32. The first-order valence-corrected chi connectivity index (χ1v) is 9.73. The fourth-order valence-electron chi connectivity index (χ4n) is 4.13. The number of halogens is 1.